The maximum atomic E-state index is 5.86. The molecule has 2 fully saturated rings. The van der Waals surface area contributed by atoms with E-state index in [-0.39, 0.29) is 0 Å². The van der Waals surface area contributed by atoms with Gasteiger partial charge in [-0.3, -0.25) is 0 Å². The molecular formula is C8H16N2. The Morgan fingerprint density at radius 1 is 1.40 bits per heavy atom. The summed E-state index contributed by atoms with van der Waals surface area (Å²) < 4.78 is 0. The molecular weight excluding hydrogens is 124 g/mol. The molecule has 2 rings (SSSR count). The van der Waals surface area contributed by atoms with Crippen molar-refractivity contribution in [2.45, 2.75) is 31.8 Å². The summed E-state index contributed by atoms with van der Waals surface area (Å²) in [5.41, 5.74) is 5.86. The predicted octanol–water partition coefficient (Wildman–Crippen LogP) is 0.332. The minimum Gasteiger partial charge on any atom is -0.328 e. The van der Waals surface area contributed by atoms with Crippen molar-refractivity contribution >= 4 is 0 Å². The second kappa shape index (κ2) is 2.21. The van der Waals surface area contributed by atoms with E-state index >= 15 is 0 Å². The van der Waals surface area contributed by atoms with Crippen molar-refractivity contribution in [2.24, 2.45) is 17.6 Å². The summed E-state index contributed by atoms with van der Waals surface area (Å²) in [5.74, 6) is 1.78. The van der Waals surface area contributed by atoms with Gasteiger partial charge < -0.3 is 11.1 Å². The SMILES string of the molecule is C[C@@H]1NC[C@H]2C[C@H](N)C[C@@H]21. The molecule has 1 aliphatic carbocycles. The molecule has 0 aromatic rings. The average molecular weight is 140 g/mol. The highest BCUT2D eigenvalue weighted by Crippen LogP contribution is 2.36. The summed E-state index contributed by atoms with van der Waals surface area (Å²) in [4.78, 5) is 0. The van der Waals surface area contributed by atoms with E-state index < -0.39 is 0 Å². The third kappa shape index (κ3) is 0.867. The summed E-state index contributed by atoms with van der Waals surface area (Å²) >= 11 is 0. The first-order valence-corrected chi connectivity index (χ1v) is 4.26. The van der Waals surface area contributed by atoms with Crippen molar-refractivity contribution in [3.63, 3.8) is 0 Å². The highest BCUT2D eigenvalue weighted by molar-refractivity contribution is 4.96. The molecule has 1 heterocycles. The van der Waals surface area contributed by atoms with Crippen molar-refractivity contribution in [2.75, 3.05) is 6.54 Å². The minimum absolute atomic E-state index is 0.500. The van der Waals surface area contributed by atoms with Gasteiger partial charge in [0.25, 0.3) is 0 Å². The van der Waals surface area contributed by atoms with E-state index in [0.717, 1.165) is 17.9 Å². The highest BCUT2D eigenvalue weighted by Gasteiger charge is 2.39. The molecule has 10 heavy (non-hydrogen) atoms. The Kier molecular flexibility index (Phi) is 1.46. The number of rotatable bonds is 0. The zero-order chi connectivity index (χ0) is 7.14. The van der Waals surface area contributed by atoms with Crippen LogP contribution in [-0.4, -0.2) is 18.6 Å². The predicted molar refractivity (Wildman–Crippen MR) is 41.7 cm³/mol. The maximum Gasteiger partial charge on any atom is 0.00708 e. The fourth-order valence-electron chi connectivity index (χ4n) is 2.54. The molecule has 1 aliphatic heterocycles. The van der Waals surface area contributed by atoms with Crippen LogP contribution < -0.4 is 11.1 Å². The first-order valence-electron chi connectivity index (χ1n) is 4.26. The van der Waals surface area contributed by atoms with Crippen LogP contribution in [0.4, 0.5) is 0 Å². The Labute approximate surface area is 62.2 Å². The molecule has 0 aromatic heterocycles. The molecule has 0 bridgehead atoms. The van der Waals surface area contributed by atoms with E-state index in [0.29, 0.717) is 6.04 Å². The van der Waals surface area contributed by atoms with Crippen LogP contribution in [0.5, 0.6) is 0 Å². The molecule has 2 heteroatoms. The minimum atomic E-state index is 0.500. The van der Waals surface area contributed by atoms with Gasteiger partial charge in [-0.2, -0.15) is 0 Å². The van der Waals surface area contributed by atoms with E-state index in [9.17, 15) is 0 Å². The van der Waals surface area contributed by atoms with E-state index in [2.05, 4.69) is 12.2 Å². The van der Waals surface area contributed by atoms with Gasteiger partial charge in [-0.25, -0.2) is 0 Å². The lowest BCUT2D eigenvalue weighted by molar-refractivity contribution is 0.430. The quantitative estimate of drug-likeness (QED) is 0.509. The summed E-state index contributed by atoms with van der Waals surface area (Å²) in [5, 5.41) is 3.49. The van der Waals surface area contributed by atoms with Crippen LogP contribution in [0.1, 0.15) is 19.8 Å². The van der Waals surface area contributed by atoms with Gasteiger partial charge in [0.1, 0.15) is 0 Å². The summed E-state index contributed by atoms with van der Waals surface area (Å²) in [6, 6.07) is 1.22. The molecule has 0 spiro atoms. The first-order chi connectivity index (χ1) is 4.77. The van der Waals surface area contributed by atoms with Crippen molar-refractivity contribution < 1.29 is 0 Å². The average Bonchev–Trinajstić information content (AvgIpc) is 2.35. The van der Waals surface area contributed by atoms with Gasteiger partial charge in [0, 0.05) is 12.1 Å². The zero-order valence-electron chi connectivity index (χ0n) is 6.51. The topological polar surface area (TPSA) is 38.0 Å². The van der Waals surface area contributed by atoms with E-state index in [1.54, 1.807) is 0 Å². The van der Waals surface area contributed by atoms with Crippen molar-refractivity contribution in [1.29, 1.82) is 0 Å². The van der Waals surface area contributed by atoms with Crippen LogP contribution in [0.3, 0.4) is 0 Å². The van der Waals surface area contributed by atoms with Gasteiger partial charge in [0.05, 0.1) is 0 Å². The number of hydrogen-bond acceptors (Lipinski definition) is 2. The van der Waals surface area contributed by atoms with Crippen molar-refractivity contribution in [3.05, 3.63) is 0 Å². The highest BCUT2D eigenvalue weighted by atomic mass is 15.0. The Balaban J connectivity index is 2.05. The number of nitrogens with two attached hydrogens (primary N) is 1. The van der Waals surface area contributed by atoms with Crippen molar-refractivity contribution in [1.82, 2.24) is 5.32 Å². The largest absolute Gasteiger partial charge is 0.328 e. The lowest BCUT2D eigenvalue weighted by atomic mass is 9.95. The summed E-state index contributed by atoms with van der Waals surface area (Å²) in [6.07, 6.45) is 2.50. The van der Waals surface area contributed by atoms with Crippen LogP contribution in [0, 0.1) is 11.8 Å². The molecule has 1 saturated heterocycles. The van der Waals surface area contributed by atoms with E-state index in [4.69, 9.17) is 5.73 Å². The Morgan fingerprint density at radius 2 is 2.20 bits per heavy atom. The molecule has 0 aromatic carbocycles. The zero-order valence-corrected chi connectivity index (χ0v) is 6.51. The molecule has 2 aliphatic rings. The van der Waals surface area contributed by atoms with Crippen molar-refractivity contribution in [3.8, 4) is 0 Å². The Bertz CT molecular complexity index is 135. The lowest BCUT2D eigenvalue weighted by Gasteiger charge is -2.11. The van der Waals surface area contributed by atoms with Crippen LogP contribution in [-0.2, 0) is 0 Å². The lowest BCUT2D eigenvalue weighted by Crippen LogP contribution is -2.26. The van der Waals surface area contributed by atoms with Gasteiger partial charge in [-0.05, 0) is 38.1 Å². The molecule has 4 atom stereocenters. The number of hydrogen-bond donors (Lipinski definition) is 2. The fourth-order valence-corrected chi connectivity index (χ4v) is 2.54. The molecule has 58 valence electrons. The standard InChI is InChI=1S/C8H16N2/c1-5-8-3-7(9)2-6(8)4-10-5/h5-8,10H,2-4,9H2,1H3/t5-,6+,7-,8+/m0/s1. The fraction of sp³-hybridized carbons (Fsp3) is 1.00. The van der Waals surface area contributed by atoms with Crippen LogP contribution in [0.15, 0.2) is 0 Å². The smallest absolute Gasteiger partial charge is 0.00708 e. The van der Waals surface area contributed by atoms with Gasteiger partial charge >= 0.3 is 0 Å². The van der Waals surface area contributed by atoms with Crippen LogP contribution in [0.2, 0.25) is 0 Å². The van der Waals surface area contributed by atoms with Gasteiger partial charge in [-0.1, -0.05) is 0 Å². The van der Waals surface area contributed by atoms with Crippen LogP contribution >= 0.6 is 0 Å². The van der Waals surface area contributed by atoms with Crippen LogP contribution in [0.25, 0.3) is 0 Å². The molecule has 0 unspecified atom stereocenters. The number of fused-ring (bicyclic) bond motifs is 1. The second-order valence-corrected chi connectivity index (χ2v) is 3.85. The Morgan fingerprint density at radius 3 is 2.90 bits per heavy atom. The first kappa shape index (κ1) is 6.62. The summed E-state index contributed by atoms with van der Waals surface area (Å²) in [7, 11) is 0. The molecule has 2 nitrogen and oxygen atoms in total. The van der Waals surface area contributed by atoms with Gasteiger partial charge in [0.2, 0.25) is 0 Å². The molecule has 0 amide bonds. The number of nitrogens with one attached hydrogen (secondary N) is 1. The molecule has 3 N–H and O–H groups in total. The Hall–Kier alpha value is -0.0800. The van der Waals surface area contributed by atoms with E-state index in [1.807, 2.05) is 0 Å². The third-order valence-electron chi connectivity index (χ3n) is 3.13. The van der Waals surface area contributed by atoms with Gasteiger partial charge in [-0.15, -0.1) is 0 Å². The molecule has 1 saturated carbocycles. The molecule has 0 radical (unpaired) electrons. The maximum absolute atomic E-state index is 5.86. The summed E-state index contributed by atoms with van der Waals surface area (Å²) in [6.45, 7) is 3.49. The van der Waals surface area contributed by atoms with Gasteiger partial charge in [0.15, 0.2) is 0 Å². The normalized spacial score (nSPS) is 53.4. The third-order valence-corrected chi connectivity index (χ3v) is 3.13. The monoisotopic (exact) mass is 140 g/mol. The second-order valence-electron chi connectivity index (χ2n) is 3.85. The van der Waals surface area contributed by atoms with E-state index in [1.165, 1.54) is 19.4 Å².